The summed E-state index contributed by atoms with van der Waals surface area (Å²) in [5, 5.41) is 4.44. The average molecular weight is 492 g/mol. The molecular weight excluding hydrogens is 450 g/mol. The summed E-state index contributed by atoms with van der Waals surface area (Å²) in [6.07, 6.45) is 8.58. The molecule has 0 fully saturated rings. The zero-order chi connectivity index (χ0) is 25.6. The number of esters is 1. The minimum atomic E-state index is -0.312. The van der Waals surface area contributed by atoms with Crippen LogP contribution in [0.4, 0.5) is 0 Å². The lowest BCUT2D eigenvalue weighted by molar-refractivity contribution is -0.135. The van der Waals surface area contributed by atoms with E-state index in [1.165, 1.54) is 19.3 Å². The molecule has 0 spiro atoms. The van der Waals surface area contributed by atoms with E-state index in [0.717, 1.165) is 60.3 Å². The number of nitrogens with zero attached hydrogens (tertiary/aromatic N) is 1. The number of carbonyl (C=O) groups is 2. The molecule has 0 radical (unpaired) electrons. The first-order valence-electron chi connectivity index (χ1n) is 13.4. The van der Waals surface area contributed by atoms with Gasteiger partial charge in [0.1, 0.15) is 5.75 Å². The summed E-state index contributed by atoms with van der Waals surface area (Å²) in [6.45, 7) is 2.76. The maximum atomic E-state index is 12.8. The zero-order valence-corrected chi connectivity index (χ0v) is 21.4. The minimum Gasteiger partial charge on any atom is -0.427 e. The highest BCUT2D eigenvalue weighted by Crippen LogP contribution is 2.28. The highest BCUT2D eigenvalue weighted by molar-refractivity contribution is 6.07. The number of rotatable bonds is 16. The molecule has 36 heavy (non-hydrogen) atoms. The van der Waals surface area contributed by atoms with E-state index in [4.69, 9.17) is 16.2 Å². The molecular formula is C30H41N3O3. The van der Waals surface area contributed by atoms with Crippen molar-refractivity contribution in [2.75, 3.05) is 26.2 Å². The van der Waals surface area contributed by atoms with Gasteiger partial charge in [-0.2, -0.15) is 0 Å². The molecule has 6 nitrogen and oxygen atoms in total. The van der Waals surface area contributed by atoms with Crippen molar-refractivity contribution in [3.05, 3.63) is 54.6 Å². The van der Waals surface area contributed by atoms with Crippen LogP contribution in [0.5, 0.6) is 5.75 Å². The van der Waals surface area contributed by atoms with Crippen LogP contribution in [0.3, 0.4) is 0 Å². The van der Waals surface area contributed by atoms with Gasteiger partial charge in [0, 0.05) is 25.9 Å². The van der Waals surface area contributed by atoms with Crippen LogP contribution < -0.4 is 16.2 Å². The van der Waals surface area contributed by atoms with Crippen LogP contribution in [0.15, 0.2) is 54.6 Å². The Hall–Kier alpha value is -2.96. The lowest BCUT2D eigenvalue weighted by Crippen LogP contribution is -2.33. The number of benzene rings is 3. The Morgan fingerprint density at radius 3 is 2.08 bits per heavy atom. The van der Waals surface area contributed by atoms with E-state index in [9.17, 15) is 9.59 Å². The Morgan fingerprint density at radius 1 is 0.667 bits per heavy atom. The van der Waals surface area contributed by atoms with Crippen molar-refractivity contribution in [2.24, 2.45) is 11.5 Å². The van der Waals surface area contributed by atoms with Gasteiger partial charge in [-0.15, -0.1) is 0 Å². The van der Waals surface area contributed by atoms with Crippen molar-refractivity contribution in [3.63, 3.8) is 0 Å². The summed E-state index contributed by atoms with van der Waals surface area (Å²) in [4.78, 5) is 27.2. The maximum absolute atomic E-state index is 12.8. The Morgan fingerprint density at radius 2 is 1.31 bits per heavy atom. The van der Waals surface area contributed by atoms with Crippen LogP contribution in [-0.4, -0.2) is 43.0 Å². The number of ether oxygens (including phenoxy) is 1. The van der Waals surface area contributed by atoms with Crippen LogP contribution in [0.2, 0.25) is 0 Å². The Bertz CT molecular complexity index is 1110. The second-order valence-corrected chi connectivity index (χ2v) is 9.43. The van der Waals surface area contributed by atoms with Gasteiger partial charge < -0.3 is 21.1 Å². The fraction of sp³-hybridized carbons (Fsp3) is 0.467. The molecule has 0 unspecified atom stereocenters. The highest BCUT2D eigenvalue weighted by Gasteiger charge is 2.14. The third-order valence-corrected chi connectivity index (χ3v) is 6.59. The van der Waals surface area contributed by atoms with Crippen molar-refractivity contribution >= 4 is 33.4 Å². The smallest absolute Gasteiger partial charge is 0.311 e. The molecule has 3 aromatic carbocycles. The van der Waals surface area contributed by atoms with Gasteiger partial charge in [0.2, 0.25) is 5.91 Å². The van der Waals surface area contributed by atoms with E-state index >= 15 is 0 Å². The van der Waals surface area contributed by atoms with E-state index in [-0.39, 0.29) is 18.3 Å². The molecule has 0 saturated carbocycles. The molecule has 0 aromatic heterocycles. The zero-order valence-electron chi connectivity index (χ0n) is 21.4. The van der Waals surface area contributed by atoms with Crippen LogP contribution >= 0.6 is 0 Å². The number of unbranched alkanes of at least 4 members (excludes halogenated alkanes) is 5. The SMILES string of the molecule is NCCCCCCCCN(CCCN)C(=O)CCCC(=O)Oc1ccc2ccc3ccccc3c2c1. The van der Waals surface area contributed by atoms with Gasteiger partial charge in [-0.1, -0.05) is 68.1 Å². The Labute approximate surface area is 215 Å². The van der Waals surface area contributed by atoms with Crippen molar-refractivity contribution in [3.8, 4) is 5.75 Å². The molecule has 0 atom stereocenters. The number of hydrogen-bond donors (Lipinski definition) is 2. The number of carbonyl (C=O) groups excluding carboxylic acids is 2. The quantitative estimate of drug-likeness (QED) is 0.119. The lowest BCUT2D eigenvalue weighted by atomic mass is 10.0. The highest BCUT2D eigenvalue weighted by atomic mass is 16.5. The number of fused-ring (bicyclic) bond motifs is 3. The fourth-order valence-electron chi connectivity index (χ4n) is 4.57. The standard InChI is InChI=1S/C30H41N3O3/c31-19-7-3-1-2-4-8-21-33(22-10-20-32)29(34)13-9-14-30(35)36-26-18-17-25-16-15-24-11-5-6-12-27(24)28(25)23-26/h5-6,11-12,15-18,23H,1-4,7-10,13-14,19-22,31-32H2. The first-order valence-corrected chi connectivity index (χ1v) is 13.4. The largest absolute Gasteiger partial charge is 0.427 e. The molecule has 1 amide bonds. The first kappa shape index (κ1) is 27.6. The molecule has 0 aliphatic heterocycles. The van der Waals surface area contributed by atoms with Gasteiger partial charge in [-0.3, -0.25) is 9.59 Å². The summed E-state index contributed by atoms with van der Waals surface area (Å²) in [7, 11) is 0. The van der Waals surface area contributed by atoms with Crippen molar-refractivity contribution in [2.45, 2.75) is 64.2 Å². The van der Waals surface area contributed by atoms with E-state index in [2.05, 4.69) is 24.3 Å². The van der Waals surface area contributed by atoms with Gasteiger partial charge in [-0.25, -0.2) is 0 Å². The van der Waals surface area contributed by atoms with Crippen molar-refractivity contribution < 1.29 is 14.3 Å². The lowest BCUT2D eigenvalue weighted by Gasteiger charge is -2.22. The Balaban J connectivity index is 1.45. The molecule has 0 heterocycles. The molecule has 3 rings (SSSR count). The fourth-order valence-corrected chi connectivity index (χ4v) is 4.57. The van der Waals surface area contributed by atoms with Gasteiger partial charge in [0.05, 0.1) is 0 Å². The summed E-state index contributed by atoms with van der Waals surface area (Å²) < 4.78 is 5.61. The van der Waals surface area contributed by atoms with E-state index in [1.54, 1.807) is 0 Å². The van der Waals surface area contributed by atoms with Gasteiger partial charge in [0.25, 0.3) is 0 Å². The average Bonchev–Trinajstić information content (AvgIpc) is 2.89. The van der Waals surface area contributed by atoms with Crippen LogP contribution in [0.25, 0.3) is 21.5 Å². The molecule has 3 aromatic rings. The first-order chi connectivity index (χ1) is 17.6. The summed E-state index contributed by atoms with van der Waals surface area (Å²) in [5.41, 5.74) is 11.2. The van der Waals surface area contributed by atoms with Crippen LogP contribution in [-0.2, 0) is 9.59 Å². The molecule has 4 N–H and O–H groups in total. The predicted molar refractivity (Wildman–Crippen MR) is 148 cm³/mol. The minimum absolute atomic E-state index is 0.0940. The van der Waals surface area contributed by atoms with Gasteiger partial charge in [0.15, 0.2) is 0 Å². The van der Waals surface area contributed by atoms with E-state index in [1.807, 2.05) is 35.2 Å². The summed E-state index contributed by atoms with van der Waals surface area (Å²) >= 11 is 0. The number of nitrogens with two attached hydrogens (primary N) is 2. The van der Waals surface area contributed by atoms with Crippen molar-refractivity contribution in [1.29, 1.82) is 0 Å². The van der Waals surface area contributed by atoms with Crippen LogP contribution in [0, 0.1) is 0 Å². The van der Waals surface area contributed by atoms with Crippen LogP contribution in [0.1, 0.15) is 64.2 Å². The summed E-state index contributed by atoms with van der Waals surface area (Å²) in [5.74, 6) is 0.316. The molecule has 194 valence electrons. The van der Waals surface area contributed by atoms with Gasteiger partial charge >= 0.3 is 5.97 Å². The second-order valence-electron chi connectivity index (χ2n) is 9.43. The van der Waals surface area contributed by atoms with E-state index in [0.29, 0.717) is 31.7 Å². The molecule has 6 heteroatoms. The Kier molecular flexibility index (Phi) is 11.7. The molecule has 0 bridgehead atoms. The molecule has 0 saturated heterocycles. The third-order valence-electron chi connectivity index (χ3n) is 6.59. The predicted octanol–water partition coefficient (Wildman–Crippen LogP) is 5.55. The monoisotopic (exact) mass is 491 g/mol. The normalized spacial score (nSPS) is 11.2. The van der Waals surface area contributed by atoms with E-state index < -0.39 is 0 Å². The second kappa shape index (κ2) is 15.2. The number of amides is 1. The molecule has 0 aliphatic rings. The topological polar surface area (TPSA) is 98.6 Å². The summed E-state index contributed by atoms with van der Waals surface area (Å²) in [6, 6.07) is 18.1. The third kappa shape index (κ3) is 8.61. The van der Waals surface area contributed by atoms with Gasteiger partial charge in [-0.05, 0) is 72.5 Å². The maximum Gasteiger partial charge on any atom is 0.311 e. The molecule has 0 aliphatic carbocycles. The number of hydrogen-bond acceptors (Lipinski definition) is 5. The van der Waals surface area contributed by atoms with Crippen molar-refractivity contribution in [1.82, 2.24) is 4.90 Å².